The van der Waals surface area contributed by atoms with Crippen LogP contribution >= 0.6 is 0 Å². The van der Waals surface area contributed by atoms with Gasteiger partial charge in [0.2, 0.25) is 5.89 Å². The van der Waals surface area contributed by atoms with E-state index in [9.17, 15) is 9.59 Å². The summed E-state index contributed by atoms with van der Waals surface area (Å²) in [7, 11) is 0. The van der Waals surface area contributed by atoms with Crippen molar-refractivity contribution < 1.29 is 13.9 Å². The van der Waals surface area contributed by atoms with Gasteiger partial charge in [0.1, 0.15) is 5.75 Å². The molecule has 0 spiro atoms. The van der Waals surface area contributed by atoms with E-state index in [0.717, 1.165) is 5.56 Å². The van der Waals surface area contributed by atoms with Crippen LogP contribution in [-0.2, 0) is 4.79 Å². The van der Waals surface area contributed by atoms with E-state index >= 15 is 0 Å². The van der Waals surface area contributed by atoms with Crippen LogP contribution in [-0.4, -0.2) is 11.0 Å². The van der Waals surface area contributed by atoms with Crippen LogP contribution in [0.4, 0.5) is 0 Å². The molecule has 2 aromatic carbocycles. The SMILES string of the molecule is CC(=O)Oc1ccc(-c2nc3ccccc3c(=O)o2)cc1C. The van der Waals surface area contributed by atoms with Crippen LogP contribution in [0.3, 0.4) is 0 Å². The fourth-order valence-electron chi connectivity index (χ4n) is 2.19. The first-order valence-corrected chi connectivity index (χ1v) is 6.74. The van der Waals surface area contributed by atoms with E-state index in [1.54, 1.807) is 43.3 Å². The van der Waals surface area contributed by atoms with E-state index in [-0.39, 0.29) is 11.9 Å². The molecule has 1 aromatic heterocycles. The van der Waals surface area contributed by atoms with Crippen molar-refractivity contribution in [1.82, 2.24) is 4.98 Å². The zero-order valence-corrected chi connectivity index (χ0v) is 12.1. The van der Waals surface area contributed by atoms with Crippen molar-refractivity contribution in [3.05, 3.63) is 58.4 Å². The average molecular weight is 295 g/mol. The summed E-state index contributed by atoms with van der Waals surface area (Å²) >= 11 is 0. The van der Waals surface area contributed by atoms with E-state index in [1.807, 2.05) is 6.07 Å². The lowest BCUT2D eigenvalue weighted by Crippen LogP contribution is -2.04. The molecule has 5 heteroatoms. The molecule has 5 nitrogen and oxygen atoms in total. The van der Waals surface area contributed by atoms with E-state index in [1.165, 1.54) is 6.92 Å². The molecule has 0 N–H and O–H groups in total. The molecule has 0 saturated heterocycles. The highest BCUT2D eigenvalue weighted by molar-refractivity contribution is 5.78. The summed E-state index contributed by atoms with van der Waals surface area (Å²) < 4.78 is 10.4. The molecule has 0 aliphatic carbocycles. The number of aromatic nitrogens is 1. The van der Waals surface area contributed by atoms with E-state index in [0.29, 0.717) is 22.2 Å². The number of hydrogen-bond donors (Lipinski definition) is 0. The number of esters is 1. The van der Waals surface area contributed by atoms with Gasteiger partial charge in [-0.1, -0.05) is 12.1 Å². The summed E-state index contributed by atoms with van der Waals surface area (Å²) in [6, 6.07) is 12.1. The maximum Gasteiger partial charge on any atom is 0.347 e. The lowest BCUT2D eigenvalue weighted by atomic mass is 10.1. The normalized spacial score (nSPS) is 10.6. The van der Waals surface area contributed by atoms with Crippen LogP contribution in [0.15, 0.2) is 51.7 Å². The van der Waals surface area contributed by atoms with Crippen LogP contribution in [0.1, 0.15) is 12.5 Å². The standard InChI is InChI=1S/C17H13NO4/c1-10-9-12(7-8-15(10)21-11(2)19)16-18-14-6-4-3-5-13(14)17(20)22-16/h3-9H,1-2H3. The van der Waals surface area contributed by atoms with Gasteiger partial charge < -0.3 is 9.15 Å². The molecule has 0 radical (unpaired) electrons. The molecule has 0 fully saturated rings. The molecule has 0 atom stereocenters. The molecule has 0 bridgehead atoms. The Morgan fingerprint density at radius 1 is 1.18 bits per heavy atom. The second kappa shape index (κ2) is 5.44. The first kappa shape index (κ1) is 14.0. The van der Waals surface area contributed by atoms with Crippen molar-refractivity contribution in [2.75, 3.05) is 0 Å². The lowest BCUT2D eigenvalue weighted by molar-refractivity contribution is -0.131. The largest absolute Gasteiger partial charge is 0.426 e. The minimum Gasteiger partial charge on any atom is -0.426 e. The molecule has 0 aliphatic heterocycles. The number of ether oxygens (including phenoxy) is 1. The second-order valence-corrected chi connectivity index (χ2v) is 4.90. The summed E-state index contributed by atoms with van der Waals surface area (Å²) in [5.74, 6) is 0.326. The Morgan fingerprint density at radius 2 is 1.95 bits per heavy atom. The number of fused-ring (bicyclic) bond motifs is 1. The topological polar surface area (TPSA) is 69.4 Å². The number of hydrogen-bond acceptors (Lipinski definition) is 5. The Labute approximate surface area is 126 Å². The monoisotopic (exact) mass is 295 g/mol. The smallest absolute Gasteiger partial charge is 0.347 e. The van der Waals surface area contributed by atoms with E-state index in [4.69, 9.17) is 9.15 Å². The number of carbonyl (C=O) groups excluding carboxylic acids is 1. The predicted molar refractivity (Wildman–Crippen MR) is 81.8 cm³/mol. The number of aryl methyl sites for hydroxylation is 1. The highest BCUT2D eigenvalue weighted by atomic mass is 16.5. The van der Waals surface area contributed by atoms with Gasteiger partial charge in [0.05, 0.1) is 10.9 Å². The summed E-state index contributed by atoms with van der Waals surface area (Å²) in [4.78, 5) is 27.4. The lowest BCUT2D eigenvalue weighted by Gasteiger charge is -2.07. The van der Waals surface area contributed by atoms with Gasteiger partial charge in [-0.05, 0) is 42.8 Å². The van der Waals surface area contributed by atoms with Crippen molar-refractivity contribution in [3.63, 3.8) is 0 Å². The second-order valence-electron chi connectivity index (χ2n) is 4.90. The Hall–Kier alpha value is -2.95. The molecular weight excluding hydrogens is 282 g/mol. The molecular formula is C17H13NO4. The molecule has 0 amide bonds. The van der Waals surface area contributed by atoms with Crippen molar-refractivity contribution in [2.24, 2.45) is 0 Å². The molecule has 0 saturated carbocycles. The van der Waals surface area contributed by atoms with Crippen molar-refractivity contribution in [3.8, 4) is 17.2 Å². The van der Waals surface area contributed by atoms with Gasteiger partial charge in [0, 0.05) is 12.5 Å². The molecule has 0 aliphatic rings. The van der Waals surface area contributed by atoms with Crippen LogP contribution in [0.2, 0.25) is 0 Å². The van der Waals surface area contributed by atoms with E-state index in [2.05, 4.69) is 4.98 Å². The highest BCUT2D eigenvalue weighted by Crippen LogP contribution is 2.25. The Morgan fingerprint density at radius 3 is 2.68 bits per heavy atom. The maximum atomic E-state index is 12.0. The number of nitrogens with zero attached hydrogens (tertiary/aromatic N) is 1. The zero-order chi connectivity index (χ0) is 15.7. The third-order valence-electron chi connectivity index (χ3n) is 3.21. The average Bonchev–Trinajstić information content (AvgIpc) is 2.49. The molecule has 0 unspecified atom stereocenters. The molecule has 22 heavy (non-hydrogen) atoms. The first-order valence-electron chi connectivity index (χ1n) is 6.74. The van der Waals surface area contributed by atoms with Gasteiger partial charge >= 0.3 is 11.6 Å². The fraction of sp³-hybridized carbons (Fsp3) is 0.118. The van der Waals surface area contributed by atoms with Crippen LogP contribution in [0.25, 0.3) is 22.4 Å². The summed E-state index contributed by atoms with van der Waals surface area (Å²) in [6.45, 7) is 3.15. The third-order valence-corrected chi connectivity index (χ3v) is 3.21. The molecule has 3 aromatic rings. The number of para-hydroxylation sites is 1. The number of benzene rings is 2. The van der Waals surface area contributed by atoms with Gasteiger partial charge in [-0.2, -0.15) is 0 Å². The van der Waals surface area contributed by atoms with Gasteiger partial charge in [0.15, 0.2) is 0 Å². The third kappa shape index (κ3) is 2.61. The van der Waals surface area contributed by atoms with Gasteiger partial charge in [-0.3, -0.25) is 4.79 Å². The first-order chi connectivity index (χ1) is 10.5. The Kier molecular flexibility index (Phi) is 3.47. The fourth-order valence-corrected chi connectivity index (χ4v) is 2.19. The summed E-state index contributed by atoms with van der Waals surface area (Å²) in [5, 5.41) is 0.444. The van der Waals surface area contributed by atoms with E-state index < -0.39 is 5.63 Å². The Balaban J connectivity index is 2.10. The Bertz CT molecular complexity index is 927. The van der Waals surface area contributed by atoms with Crippen LogP contribution in [0, 0.1) is 6.92 Å². The van der Waals surface area contributed by atoms with Crippen LogP contribution in [0.5, 0.6) is 5.75 Å². The highest BCUT2D eigenvalue weighted by Gasteiger charge is 2.10. The zero-order valence-electron chi connectivity index (χ0n) is 12.1. The van der Waals surface area contributed by atoms with Crippen molar-refractivity contribution in [2.45, 2.75) is 13.8 Å². The number of carbonyl (C=O) groups is 1. The van der Waals surface area contributed by atoms with Gasteiger partial charge in [-0.25, -0.2) is 9.78 Å². The van der Waals surface area contributed by atoms with Crippen molar-refractivity contribution in [1.29, 1.82) is 0 Å². The van der Waals surface area contributed by atoms with Crippen LogP contribution < -0.4 is 10.4 Å². The van der Waals surface area contributed by atoms with Crippen molar-refractivity contribution >= 4 is 16.9 Å². The molecule has 110 valence electrons. The minimum absolute atomic E-state index is 0.237. The minimum atomic E-state index is -0.428. The molecule has 1 heterocycles. The summed E-state index contributed by atoms with van der Waals surface area (Å²) in [6.07, 6.45) is 0. The van der Waals surface area contributed by atoms with Gasteiger partial charge in [-0.15, -0.1) is 0 Å². The quantitative estimate of drug-likeness (QED) is 0.536. The summed E-state index contributed by atoms with van der Waals surface area (Å²) in [5.41, 5.74) is 1.55. The number of rotatable bonds is 2. The van der Waals surface area contributed by atoms with Gasteiger partial charge in [0.25, 0.3) is 0 Å². The maximum absolute atomic E-state index is 12.0. The molecule has 3 rings (SSSR count). The predicted octanol–water partition coefficient (Wildman–Crippen LogP) is 3.09.